The zero-order valence-electron chi connectivity index (χ0n) is 13.0. The first-order valence-electron chi connectivity index (χ1n) is 8.08. The number of hydrogen-bond donors (Lipinski definition) is 3. The maximum atomic E-state index is 11.2. The van der Waals surface area contributed by atoms with E-state index in [2.05, 4.69) is 10.6 Å². The molecule has 2 bridgehead atoms. The highest BCUT2D eigenvalue weighted by Gasteiger charge is 2.39. The van der Waals surface area contributed by atoms with Crippen molar-refractivity contribution >= 4 is 27.4 Å². The zero-order valence-corrected chi connectivity index (χ0v) is 14.6. The first kappa shape index (κ1) is 16.7. The number of nitrogens with one attached hydrogen (secondary N) is 2. The van der Waals surface area contributed by atoms with Crippen molar-refractivity contribution in [3.63, 3.8) is 0 Å². The Morgan fingerprint density at radius 3 is 2.52 bits per heavy atom. The molecule has 3 rings (SSSR count). The average Bonchev–Trinajstić information content (AvgIpc) is 3.09. The molecule has 4 N–H and O–H groups in total. The molecule has 1 aromatic carbocycles. The molecule has 1 aromatic rings. The fourth-order valence-electron chi connectivity index (χ4n) is 3.81. The van der Waals surface area contributed by atoms with Crippen LogP contribution in [0.1, 0.15) is 31.2 Å². The molecule has 3 atom stereocenters. The summed E-state index contributed by atoms with van der Waals surface area (Å²) >= 11 is 5.37. The Morgan fingerprint density at radius 2 is 1.96 bits per heavy atom. The molecule has 0 aliphatic heterocycles. The van der Waals surface area contributed by atoms with Gasteiger partial charge in [0.05, 0.1) is 4.90 Å². The first-order valence-corrected chi connectivity index (χ1v) is 10.0. The van der Waals surface area contributed by atoms with Crippen LogP contribution in [-0.2, 0) is 16.4 Å². The van der Waals surface area contributed by atoms with E-state index in [9.17, 15) is 8.42 Å². The largest absolute Gasteiger partial charge is 0.362 e. The number of sulfonamides is 1. The van der Waals surface area contributed by atoms with E-state index >= 15 is 0 Å². The van der Waals surface area contributed by atoms with Crippen LogP contribution in [0.25, 0.3) is 0 Å². The number of primary sulfonamides is 1. The van der Waals surface area contributed by atoms with Crippen LogP contribution >= 0.6 is 12.2 Å². The normalized spacial score (nSPS) is 26.2. The average molecular weight is 354 g/mol. The van der Waals surface area contributed by atoms with Crippen molar-refractivity contribution in [1.29, 1.82) is 0 Å². The highest BCUT2D eigenvalue weighted by molar-refractivity contribution is 7.89. The van der Waals surface area contributed by atoms with Crippen molar-refractivity contribution in [3.05, 3.63) is 29.8 Å². The summed E-state index contributed by atoms with van der Waals surface area (Å²) in [7, 11) is -3.62. The second kappa shape index (κ2) is 6.75. The summed E-state index contributed by atoms with van der Waals surface area (Å²) in [6.07, 6.45) is 6.11. The van der Waals surface area contributed by atoms with Gasteiger partial charge in [0.1, 0.15) is 0 Å². The second-order valence-corrected chi connectivity index (χ2v) is 8.59. The van der Waals surface area contributed by atoms with E-state index in [1.165, 1.54) is 37.8 Å². The van der Waals surface area contributed by atoms with Gasteiger partial charge in [-0.1, -0.05) is 18.6 Å². The Balaban J connectivity index is 1.41. The number of rotatable bonds is 5. The lowest BCUT2D eigenvalue weighted by atomic mass is 9.96. The van der Waals surface area contributed by atoms with E-state index in [0.717, 1.165) is 35.5 Å². The second-order valence-electron chi connectivity index (χ2n) is 6.62. The van der Waals surface area contributed by atoms with E-state index in [4.69, 9.17) is 17.4 Å². The van der Waals surface area contributed by atoms with Crippen LogP contribution in [0.4, 0.5) is 0 Å². The fourth-order valence-corrected chi connectivity index (χ4v) is 4.58. The van der Waals surface area contributed by atoms with Gasteiger partial charge < -0.3 is 10.6 Å². The quantitative estimate of drug-likeness (QED) is 0.699. The summed E-state index contributed by atoms with van der Waals surface area (Å²) in [5, 5.41) is 12.5. The molecule has 2 aliphatic carbocycles. The van der Waals surface area contributed by atoms with Gasteiger partial charge in [-0.25, -0.2) is 13.6 Å². The van der Waals surface area contributed by atoms with E-state index in [0.29, 0.717) is 6.04 Å². The van der Waals surface area contributed by atoms with Crippen LogP contribution in [0, 0.1) is 11.8 Å². The molecule has 0 heterocycles. The van der Waals surface area contributed by atoms with Gasteiger partial charge in [0.2, 0.25) is 10.0 Å². The molecular weight excluding hydrogens is 330 g/mol. The third-order valence-electron chi connectivity index (χ3n) is 5.01. The zero-order chi connectivity index (χ0) is 16.4. The summed E-state index contributed by atoms with van der Waals surface area (Å²) in [5.74, 6) is 1.70. The van der Waals surface area contributed by atoms with Gasteiger partial charge in [-0.15, -0.1) is 0 Å². The predicted molar refractivity (Wildman–Crippen MR) is 94.5 cm³/mol. The van der Waals surface area contributed by atoms with Crippen molar-refractivity contribution in [2.24, 2.45) is 17.0 Å². The topological polar surface area (TPSA) is 84.2 Å². The van der Waals surface area contributed by atoms with Gasteiger partial charge in [-0.2, -0.15) is 0 Å². The summed E-state index contributed by atoms with van der Waals surface area (Å²) in [6, 6.07) is 7.19. The molecule has 5 nitrogen and oxygen atoms in total. The van der Waals surface area contributed by atoms with Crippen LogP contribution in [0.5, 0.6) is 0 Å². The number of hydrogen-bond acceptors (Lipinski definition) is 3. The van der Waals surface area contributed by atoms with Crippen molar-refractivity contribution in [3.8, 4) is 0 Å². The first-order chi connectivity index (χ1) is 10.9. The van der Waals surface area contributed by atoms with Crippen molar-refractivity contribution < 1.29 is 8.42 Å². The highest BCUT2D eigenvalue weighted by atomic mass is 32.2. The highest BCUT2D eigenvalue weighted by Crippen LogP contribution is 2.44. The third kappa shape index (κ3) is 4.22. The lowest BCUT2D eigenvalue weighted by molar-refractivity contribution is 0.389. The van der Waals surface area contributed by atoms with Crippen LogP contribution in [0.2, 0.25) is 0 Å². The minimum Gasteiger partial charge on any atom is -0.362 e. The molecular formula is C16H23N3O2S2. The molecule has 0 saturated heterocycles. The van der Waals surface area contributed by atoms with E-state index < -0.39 is 10.0 Å². The molecule has 0 radical (unpaired) electrons. The predicted octanol–water partition coefficient (Wildman–Crippen LogP) is 1.53. The van der Waals surface area contributed by atoms with Crippen molar-refractivity contribution in [2.75, 3.05) is 6.54 Å². The Morgan fingerprint density at radius 1 is 1.22 bits per heavy atom. The van der Waals surface area contributed by atoms with Gasteiger partial charge in [0.15, 0.2) is 5.11 Å². The number of thiocarbonyl (C=S) groups is 1. The summed E-state index contributed by atoms with van der Waals surface area (Å²) in [5.41, 5.74) is 1.05. The van der Waals surface area contributed by atoms with Gasteiger partial charge in [-0.05, 0) is 67.4 Å². The van der Waals surface area contributed by atoms with Gasteiger partial charge in [-0.3, -0.25) is 0 Å². The Kier molecular flexibility index (Phi) is 4.89. The van der Waals surface area contributed by atoms with Crippen LogP contribution in [0.3, 0.4) is 0 Å². The maximum Gasteiger partial charge on any atom is 0.238 e. The van der Waals surface area contributed by atoms with Crippen LogP contribution < -0.4 is 15.8 Å². The maximum absolute atomic E-state index is 11.2. The smallest absolute Gasteiger partial charge is 0.238 e. The number of benzene rings is 1. The molecule has 7 heteroatoms. The molecule has 2 aliphatic rings. The van der Waals surface area contributed by atoms with E-state index in [1.807, 2.05) is 0 Å². The molecule has 23 heavy (non-hydrogen) atoms. The molecule has 126 valence electrons. The molecule has 2 saturated carbocycles. The Hall–Kier alpha value is -1.18. The molecule has 0 amide bonds. The van der Waals surface area contributed by atoms with Gasteiger partial charge in [0.25, 0.3) is 0 Å². The lowest BCUT2D eigenvalue weighted by Gasteiger charge is -2.24. The number of nitrogens with two attached hydrogens (primary N) is 1. The fraction of sp³-hybridized carbons (Fsp3) is 0.562. The lowest BCUT2D eigenvalue weighted by Crippen LogP contribution is -2.44. The SMILES string of the molecule is NS(=O)(=O)c1ccc(CCNC(=S)N[C@@H]2C[C@H]3CC[C@@H]2C3)cc1. The van der Waals surface area contributed by atoms with Gasteiger partial charge >= 0.3 is 0 Å². The molecule has 0 unspecified atom stereocenters. The van der Waals surface area contributed by atoms with Crippen LogP contribution in [-0.4, -0.2) is 26.1 Å². The third-order valence-corrected chi connectivity index (χ3v) is 6.20. The molecule has 2 fully saturated rings. The molecule has 0 spiro atoms. The summed E-state index contributed by atoms with van der Waals surface area (Å²) in [6.45, 7) is 0.724. The van der Waals surface area contributed by atoms with Crippen molar-refractivity contribution in [2.45, 2.75) is 43.0 Å². The monoisotopic (exact) mass is 353 g/mol. The number of fused-ring (bicyclic) bond motifs is 2. The Bertz CT molecular complexity index is 673. The van der Waals surface area contributed by atoms with Crippen molar-refractivity contribution in [1.82, 2.24) is 10.6 Å². The van der Waals surface area contributed by atoms with Crippen LogP contribution in [0.15, 0.2) is 29.2 Å². The molecule has 0 aromatic heterocycles. The summed E-state index contributed by atoms with van der Waals surface area (Å²) < 4.78 is 22.4. The summed E-state index contributed by atoms with van der Waals surface area (Å²) in [4.78, 5) is 0.141. The van der Waals surface area contributed by atoms with E-state index in [1.54, 1.807) is 12.1 Å². The Labute approximate surface area is 143 Å². The standard InChI is InChI=1S/C16H23N3O2S2/c17-23(20,21)14-5-2-11(3-6-14)7-8-18-16(22)19-15-10-12-1-4-13(15)9-12/h2-3,5-6,12-13,15H,1,4,7-10H2,(H2,17,20,21)(H2,18,19,22)/t12-,13+,15+/m0/s1. The minimum atomic E-state index is -3.62. The van der Waals surface area contributed by atoms with E-state index in [-0.39, 0.29) is 4.90 Å². The minimum absolute atomic E-state index is 0.141. The van der Waals surface area contributed by atoms with Gasteiger partial charge in [0, 0.05) is 12.6 Å².